The fraction of sp³-hybridized carbons (Fsp3) is 0.0769. The van der Waals surface area contributed by atoms with Crippen LogP contribution in [0, 0.1) is 11.6 Å². The summed E-state index contributed by atoms with van der Waals surface area (Å²) >= 11 is 0. The lowest BCUT2D eigenvalue weighted by molar-refractivity contribution is 0.574. The molecule has 1 aromatic carbocycles. The molecule has 7 heteroatoms. The number of hydrogen-bond acceptors (Lipinski definition) is 4. The van der Waals surface area contributed by atoms with Crippen molar-refractivity contribution in [1.29, 1.82) is 0 Å². The minimum Gasteiger partial charge on any atom is -0.382 e. The van der Waals surface area contributed by atoms with Gasteiger partial charge in [-0.15, -0.1) is 0 Å². The lowest BCUT2D eigenvalue weighted by Gasteiger charge is -2.08. The van der Waals surface area contributed by atoms with E-state index in [9.17, 15) is 8.78 Å². The van der Waals surface area contributed by atoms with Crippen LogP contribution in [0.15, 0.2) is 36.8 Å². The number of imidazole rings is 1. The van der Waals surface area contributed by atoms with Gasteiger partial charge in [-0.1, -0.05) is 6.07 Å². The van der Waals surface area contributed by atoms with Crippen LogP contribution in [0.2, 0.25) is 0 Å². The fourth-order valence-electron chi connectivity index (χ4n) is 1.91. The van der Waals surface area contributed by atoms with Crippen LogP contribution in [0.4, 0.5) is 20.4 Å². The van der Waals surface area contributed by atoms with E-state index in [4.69, 9.17) is 5.73 Å². The van der Waals surface area contributed by atoms with Gasteiger partial charge in [0, 0.05) is 30.6 Å². The molecular weight excluding hydrogens is 264 g/mol. The molecule has 0 fully saturated rings. The van der Waals surface area contributed by atoms with Crippen molar-refractivity contribution < 1.29 is 8.78 Å². The Morgan fingerprint density at radius 2 is 2.15 bits per heavy atom. The first-order valence-corrected chi connectivity index (χ1v) is 5.90. The molecule has 2 heterocycles. The van der Waals surface area contributed by atoms with Crippen LogP contribution in [-0.4, -0.2) is 14.4 Å². The summed E-state index contributed by atoms with van der Waals surface area (Å²) in [6, 6.07) is 3.43. The molecular formula is C13H11F2N5. The summed E-state index contributed by atoms with van der Waals surface area (Å²) in [6.07, 6.45) is 4.98. The average Bonchev–Trinajstić information content (AvgIpc) is 2.85. The highest BCUT2D eigenvalue weighted by atomic mass is 19.1. The Morgan fingerprint density at radius 3 is 2.95 bits per heavy atom. The number of nitrogens with two attached hydrogens (primary N) is 1. The van der Waals surface area contributed by atoms with Gasteiger partial charge in [0.1, 0.15) is 17.5 Å². The van der Waals surface area contributed by atoms with Crippen LogP contribution >= 0.6 is 0 Å². The van der Waals surface area contributed by atoms with Crippen molar-refractivity contribution >= 4 is 17.3 Å². The largest absolute Gasteiger partial charge is 0.382 e. The van der Waals surface area contributed by atoms with Gasteiger partial charge in [0.05, 0.1) is 6.20 Å². The molecule has 2 aromatic heterocycles. The predicted molar refractivity (Wildman–Crippen MR) is 71.1 cm³/mol. The smallest absolute Gasteiger partial charge is 0.180 e. The predicted octanol–water partition coefficient (Wildman–Crippen LogP) is 2.20. The minimum atomic E-state index is -0.610. The van der Waals surface area contributed by atoms with Gasteiger partial charge in [0.15, 0.2) is 11.5 Å². The summed E-state index contributed by atoms with van der Waals surface area (Å²) in [7, 11) is 0. The van der Waals surface area contributed by atoms with Gasteiger partial charge in [-0.2, -0.15) is 0 Å². The average molecular weight is 275 g/mol. The van der Waals surface area contributed by atoms with Gasteiger partial charge in [-0.25, -0.2) is 18.7 Å². The van der Waals surface area contributed by atoms with Crippen LogP contribution in [0.5, 0.6) is 0 Å². The molecule has 20 heavy (non-hydrogen) atoms. The number of fused-ring (bicyclic) bond motifs is 1. The molecule has 0 saturated heterocycles. The molecule has 0 aliphatic heterocycles. The summed E-state index contributed by atoms with van der Waals surface area (Å²) in [5.41, 5.74) is 6.60. The van der Waals surface area contributed by atoms with Crippen LogP contribution in [0.25, 0.3) is 5.65 Å². The third-order valence-corrected chi connectivity index (χ3v) is 2.85. The molecule has 3 aromatic rings. The van der Waals surface area contributed by atoms with Gasteiger partial charge in [0.2, 0.25) is 0 Å². The zero-order valence-electron chi connectivity index (χ0n) is 10.3. The molecule has 0 atom stereocenters. The molecule has 3 N–H and O–H groups in total. The lowest BCUT2D eigenvalue weighted by Crippen LogP contribution is -2.07. The van der Waals surface area contributed by atoms with E-state index in [1.165, 1.54) is 12.1 Å². The maximum atomic E-state index is 13.5. The standard InChI is InChI=1S/C13H11F2N5/c14-9-2-1-8(10(15)5-9)6-18-12-13-17-3-4-20(13)7-11(16)19-12/h1-5,7H,6,16H2,(H,18,19). The second-order valence-corrected chi connectivity index (χ2v) is 4.26. The molecule has 0 radical (unpaired) electrons. The number of benzene rings is 1. The van der Waals surface area contributed by atoms with E-state index >= 15 is 0 Å². The summed E-state index contributed by atoms with van der Waals surface area (Å²) in [5, 5.41) is 2.95. The number of nitrogen functional groups attached to an aromatic ring is 1. The van der Waals surface area contributed by atoms with E-state index in [1.54, 1.807) is 23.0 Å². The first-order valence-electron chi connectivity index (χ1n) is 5.90. The van der Waals surface area contributed by atoms with Crippen molar-refractivity contribution in [1.82, 2.24) is 14.4 Å². The monoisotopic (exact) mass is 275 g/mol. The topological polar surface area (TPSA) is 68.2 Å². The van der Waals surface area contributed by atoms with Gasteiger partial charge in [-0.05, 0) is 6.07 Å². The Morgan fingerprint density at radius 1 is 1.30 bits per heavy atom. The number of anilines is 2. The number of aromatic nitrogens is 3. The van der Waals surface area contributed by atoms with Crippen LogP contribution in [-0.2, 0) is 6.54 Å². The van der Waals surface area contributed by atoms with Crippen LogP contribution < -0.4 is 11.1 Å². The fourth-order valence-corrected chi connectivity index (χ4v) is 1.91. The van der Waals surface area contributed by atoms with E-state index in [-0.39, 0.29) is 6.54 Å². The molecule has 0 aliphatic carbocycles. The Balaban J connectivity index is 1.88. The van der Waals surface area contributed by atoms with Crippen molar-refractivity contribution in [3.05, 3.63) is 54.0 Å². The molecule has 102 valence electrons. The Kier molecular flexibility index (Phi) is 2.94. The highest BCUT2D eigenvalue weighted by Crippen LogP contribution is 2.17. The van der Waals surface area contributed by atoms with Crippen LogP contribution in [0.1, 0.15) is 5.56 Å². The van der Waals surface area contributed by atoms with Crippen molar-refractivity contribution in [3.63, 3.8) is 0 Å². The normalized spacial score (nSPS) is 10.9. The molecule has 0 aliphatic rings. The van der Waals surface area contributed by atoms with E-state index < -0.39 is 11.6 Å². The van der Waals surface area contributed by atoms with Crippen molar-refractivity contribution in [2.75, 3.05) is 11.1 Å². The maximum absolute atomic E-state index is 13.5. The Hall–Kier alpha value is -2.70. The molecule has 0 unspecified atom stereocenters. The SMILES string of the molecule is Nc1cn2ccnc2c(NCc2ccc(F)cc2F)n1. The van der Waals surface area contributed by atoms with Crippen molar-refractivity contribution in [2.24, 2.45) is 0 Å². The zero-order chi connectivity index (χ0) is 14.1. The number of halogens is 2. The van der Waals surface area contributed by atoms with E-state index in [1.807, 2.05) is 0 Å². The number of nitrogens with zero attached hydrogens (tertiary/aromatic N) is 3. The maximum Gasteiger partial charge on any atom is 0.180 e. The van der Waals surface area contributed by atoms with Gasteiger partial charge in [-0.3, -0.25) is 0 Å². The second-order valence-electron chi connectivity index (χ2n) is 4.26. The summed E-state index contributed by atoms with van der Waals surface area (Å²) < 4.78 is 28.1. The van der Waals surface area contributed by atoms with Crippen molar-refractivity contribution in [3.8, 4) is 0 Å². The summed E-state index contributed by atoms with van der Waals surface area (Å²) in [4.78, 5) is 8.26. The number of hydrogen-bond donors (Lipinski definition) is 2. The highest BCUT2D eigenvalue weighted by molar-refractivity contribution is 5.64. The quantitative estimate of drug-likeness (QED) is 0.769. The molecule has 0 bridgehead atoms. The van der Waals surface area contributed by atoms with Gasteiger partial charge >= 0.3 is 0 Å². The number of rotatable bonds is 3. The lowest BCUT2D eigenvalue weighted by atomic mass is 10.2. The molecule has 0 spiro atoms. The van der Waals surface area contributed by atoms with E-state index in [0.717, 1.165) is 6.07 Å². The highest BCUT2D eigenvalue weighted by Gasteiger charge is 2.08. The molecule has 0 saturated carbocycles. The summed E-state index contributed by atoms with van der Waals surface area (Å²) in [5.74, 6) is -0.457. The van der Waals surface area contributed by atoms with Gasteiger partial charge < -0.3 is 15.5 Å². The molecule has 0 amide bonds. The van der Waals surface area contributed by atoms with Crippen LogP contribution in [0.3, 0.4) is 0 Å². The second kappa shape index (κ2) is 4.76. The first kappa shape index (κ1) is 12.3. The minimum absolute atomic E-state index is 0.158. The van der Waals surface area contributed by atoms with E-state index in [0.29, 0.717) is 22.8 Å². The van der Waals surface area contributed by atoms with Gasteiger partial charge in [0.25, 0.3) is 0 Å². The Bertz CT molecular complexity index is 769. The Labute approximate surface area is 113 Å². The summed E-state index contributed by atoms with van der Waals surface area (Å²) in [6.45, 7) is 0.158. The molecule has 5 nitrogen and oxygen atoms in total. The van der Waals surface area contributed by atoms with E-state index in [2.05, 4.69) is 15.3 Å². The molecule has 3 rings (SSSR count). The third-order valence-electron chi connectivity index (χ3n) is 2.85. The number of nitrogens with one attached hydrogen (secondary N) is 1. The first-order chi connectivity index (χ1) is 9.63. The zero-order valence-corrected chi connectivity index (χ0v) is 10.3. The van der Waals surface area contributed by atoms with Crippen molar-refractivity contribution in [2.45, 2.75) is 6.54 Å². The third kappa shape index (κ3) is 2.25.